The number of aryl methyl sites for hydroxylation is 2. The minimum atomic E-state index is -0.176. The minimum absolute atomic E-state index is 0.176. The largest absolute Gasteiger partial charge is 0.331 e. The van der Waals surface area contributed by atoms with Gasteiger partial charge in [0.15, 0.2) is 0 Å². The van der Waals surface area contributed by atoms with Crippen molar-refractivity contribution in [1.29, 1.82) is 0 Å². The first kappa shape index (κ1) is 12.3. The minimum Gasteiger partial charge on any atom is -0.331 e. The fourth-order valence-electron chi connectivity index (χ4n) is 2.10. The van der Waals surface area contributed by atoms with E-state index in [0.717, 1.165) is 22.5 Å². The number of nitrogens with one attached hydrogen (secondary N) is 1. The van der Waals surface area contributed by atoms with Gasteiger partial charge in [-0.2, -0.15) is 0 Å². The van der Waals surface area contributed by atoms with Crippen LogP contribution in [-0.4, -0.2) is 20.4 Å². The molecule has 2 heterocycles. The summed E-state index contributed by atoms with van der Waals surface area (Å²) in [5.41, 5.74) is 3.17. The number of anilines is 1. The molecule has 0 fully saturated rings. The van der Waals surface area contributed by atoms with E-state index in [9.17, 15) is 4.79 Å². The van der Waals surface area contributed by atoms with E-state index >= 15 is 0 Å². The molecule has 2 aromatic heterocycles. The van der Waals surface area contributed by atoms with Crippen molar-refractivity contribution in [2.75, 3.05) is 5.32 Å². The number of pyridine rings is 1. The number of imidazole rings is 1. The summed E-state index contributed by atoms with van der Waals surface area (Å²) in [6.07, 6.45) is 3.18. The van der Waals surface area contributed by atoms with Crippen molar-refractivity contribution < 1.29 is 4.79 Å². The smallest absolute Gasteiger partial charge is 0.257 e. The second-order valence-corrected chi connectivity index (χ2v) is 4.62. The number of aromatic nitrogens is 3. The molecule has 100 valence electrons. The molecule has 0 radical (unpaired) electrons. The third-order valence-corrected chi connectivity index (χ3v) is 3.29. The Kier molecular flexibility index (Phi) is 2.95. The number of nitrogens with zero attached hydrogens (tertiary/aromatic N) is 3. The lowest BCUT2D eigenvalue weighted by Crippen LogP contribution is -2.11. The van der Waals surface area contributed by atoms with Gasteiger partial charge in [0.05, 0.1) is 16.6 Å². The summed E-state index contributed by atoms with van der Waals surface area (Å²) in [5.74, 6) is 0.765. The molecule has 0 aliphatic rings. The topological polar surface area (TPSA) is 59.8 Å². The number of rotatable bonds is 2. The molecular formula is C15H14N4O. The summed E-state index contributed by atoms with van der Waals surface area (Å²) in [4.78, 5) is 20.4. The van der Waals surface area contributed by atoms with Crippen molar-refractivity contribution in [2.45, 2.75) is 6.92 Å². The van der Waals surface area contributed by atoms with Crippen LogP contribution in [0.2, 0.25) is 0 Å². The SMILES string of the molecule is Cc1nc2cc(NC(=O)c3cccnc3)ccc2n1C. The molecule has 20 heavy (non-hydrogen) atoms. The lowest BCUT2D eigenvalue weighted by atomic mass is 10.2. The van der Waals surface area contributed by atoms with E-state index in [4.69, 9.17) is 0 Å². The molecular weight excluding hydrogens is 252 g/mol. The van der Waals surface area contributed by atoms with Gasteiger partial charge in [-0.25, -0.2) is 4.98 Å². The van der Waals surface area contributed by atoms with Crippen LogP contribution in [0.15, 0.2) is 42.7 Å². The monoisotopic (exact) mass is 266 g/mol. The van der Waals surface area contributed by atoms with Crippen LogP contribution < -0.4 is 5.32 Å². The quantitative estimate of drug-likeness (QED) is 0.775. The number of benzene rings is 1. The number of amides is 1. The lowest BCUT2D eigenvalue weighted by molar-refractivity contribution is 0.102. The number of hydrogen-bond acceptors (Lipinski definition) is 3. The first-order valence-electron chi connectivity index (χ1n) is 6.29. The molecule has 1 aromatic carbocycles. The highest BCUT2D eigenvalue weighted by Crippen LogP contribution is 2.19. The van der Waals surface area contributed by atoms with Crippen molar-refractivity contribution in [3.05, 3.63) is 54.1 Å². The van der Waals surface area contributed by atoms with Crippen LogP contribution in [0.3, 0.4) is 0 Å². The van der Waals surface area contributed by atoms with Gasteiger partial charge in [0.25, 0.3) is 5.91 Å². The van der Waals surface area contributed by atoms with Gasteiger partial charge in [-0.15, -0.1) is 0 Å². The predicted octanol–water partition coefficient (Wildman–Crippen LogP) is 2.53. The molecule has 0 atom stereocenters. The summed E-state index contributed by atoms with van der Waals surface area (Å²) < 4.78 is 2.02. The van der Waals surface area contributed by atoms with Crippen molar-refractivity contribution in [1.82, 2.24) is 14.5 Å². The van der Waals surface area contributed by atoms with Crippen molar-refractivity contribution in [3.8, 4) is 0 Å². The van der Waals surface area contributed by atoms with Crippen molar-refractivity contribution >= 4 is 22.6 Å². The van der Waals surface area contributed by atoms with Gasteiger partial charge in [-0.05, 0) is 37.3 Å². The summed E-state index contributed by atoms with van der Waals surface area (Å²) in [5, 5.41) is 2.85. The maximum atomic E-state index is 12.0. The Hall–Kier alpha value is -2.69. The Morgan fingerprint density at radius 3 is 2.90 bits per heavy atom. The Morgan fingerprint density at radius 2 is 2.15 bits per heavy atom. The van der Waals surface area contributed by atoms with E-state index in [1.54, 1.807) is 24.5 Å². The second kappa shape index (κ2) is 4.77. The highest BCUT2D eigenvalue weighted by molar-refractivity contribution is 6.04. The molecule has 0 bridgehead atoms. The average Bonchev–Trinajstić information content (AvgIpc) is 2.74. The average molecular weight is 266 g/mol. The highest BCUT2D eigenvalue weighted by Gasteiger charge is 2.08. The lowest BCUT2D eigenvalue weighted by Gasteiger charge is -2.05. The Bertz CT molecular complexity index is 777. The Labute approximate surface area is 116 Å². The van der Waals surface area contributed by atoms with Gasteiger partial charge >= 0.3 is 0 Å². The van der Waals surface area contributed by atoms with Gasteiger partial charge in [-0.1, -0.05) is 0 Å². The summed E-state index contributed by atoms with van der Waals surface area (Å²) in [6, 6.07) is 9.16. The van der Waals surface area contributed by atoms with Gasteiger partial charge in [-0.3, -0.25) is 9.78 Å². The summed E-state index contributed by atoms with van der Waals surface area (Å²) in [7, 11) is 1.97. The number of carbonyl (C=O) groups excluding carboxylic acids is 1. The molecule has 0 saturated heterocycles. The molecule has 5 nitrogen and oxygen atoms in total. The van der Waals surface area contributed by atoms with Gasteiger partial charge in [0.1, 0.15) is 5.82 Å². The van der Waals surface area contributed by atoms with E-state index in [1.807, 2.05) is 36.7 Å². The van der Waals surface area contributed by atoms with Crippen LogP contribution in [0.4, 0.5) is 5.69 Å². The molecule has 1 amide bonds. The number of carbonyl (C=O) groups is 1. The molecule has 0 saturated carbocycles. The van der Waals surface area contributed by atoms with E-state index in [1.165, 1.54) is 0 Å². The fraction of sp³-hybridized carbons (Fsp3) is 0.133. The molecule has 0 aliphatic carbocycles. The third kappa shape index (κ3) is 2.14. The second-order valence-electron chi connectivity index (χ2n) is 4.62. The highest BCUT2D eigenvalue weighted by atomic mass is 16.1. The van der Waals surface area contributed by atoms with E-state index < -0.39 is 0 Å². The maximum absolute atomic E-state index is 12.0. The van der Waals surface area contributed by atoms with Gasteiger partial charge in [0, 0.05) is 25.1 Å². The van der Waals surface area contributed by atoms with Crippen LogP contribution in [-0.2, 0) is 7.05 Å². The number of fused-ring (bicyclic) bond motifs is 1. The summed E-state index contributed by atoms with van der Waals surface area (Å²) in [6.45, 7) is 1.95. The first-order chi connectivity index (χ1) is 9.65. The van der Waals surface area contributed by atoms with Crippen molar-refractivity contribution in [2.24, 2.45) is 7.05 Å². The van der Waals surface area contributed by atoms with Crippen LogP contribution in [0.5, 0.6) is 0 Å². The zero-order valence-electron chi connectivity index (χ0n) is 11.3. The maximum Gasteiger partial charge on any atom is 0.257 e. The van der Waals surface area contributed by atoms with Crippen LogP contribution in [0.1, 0.15) is 16.2 Å². The van der Waals surface area contributed by atoms with Crippen LogP contribution >= 0.6 is 0 Å². The molecule has 3 aromatic rings. The Morgan fingerprint density at radius 1 is 1.30 bits per heavy atom. The molecule has 1 N–H and O–H groups in total. The normalized spacial score (nSPS) is 10.7. The standard InChI is InChI=1S/C15H14N4O/c1-10-17-13-8-12(5-6-14(13)19(10)2)18-15(20)11-4-3-7-16-9-11/h3-9H,1-2H3,(H,18,20). The fourth-order valence-corrected chi connectivity index (χ4v) is 2.10. The van der Waals surface area contributed by atoms with E-state index in [-0.39, 0.29) is 5.91 Å². The van der Waals surface area contributed by atoms with E-state index in [2.05, 4.69) is 15.3 Å². The molecule has 0 aliphatic heterocycles. The molecule has 0 unspecified atom stereocenters. The van der Waals surface area contributed by atoms with Gasteiger partial charge in [0.2, 0.25) is 0 Å². The third-order valence-electron chi connectivity index (χ3n) is 3.29. The van der Waals surface area contributed by atoms with Gasteiger partial charge < -0.3 is 9.88 Å². The summed E-state index contributed by atoms with van der Waals surface area (Å²) >= 11 is 0. The number of hydrogen-bond donors (Lipinski definition) is 1. The van der Waals surface area contributed by atoms with Crippen LogP contribution in [0, 0.1) is 6.92 Å². The zero-order valence-corrected chi connectivity index (χ0v) is 11.3. The van der Waals surface area contributed by atoms with Crippen molar-refractivity contribution in [3.63, 3.8) is 0 Å². The first-order valence-corrected chi connectivity index (χ1v) is 6.29. The predicted molar refractivity (Wildman–Crippen MR) is 77.6 cm³/mol. The van der Waals surface area contributed by atoms with E-state index in [0.29, 0.717) is 5.56 Å². The Balaban J connectivity index is 1.90. The molecule has 0 spiro atoms. The molecule has 5 heteroatoms. The zero-order chi connectivity index (χ0) is 14.1. The molecule has 3 rings (SSSR count). The van der Waals surface area contributed by atoms with Crippen LogP contribution in [0.25, 0.3) is 11.0 Å².